The van der Waals surface area contributed by atoms with Crippen molar-refractivity contribution >= 4 is 11.8 Å². The Hall–Kier alpha value is -2.36. The third-order valence-electron chi connectivity index (χ3n) is 4.99. The fourth-order valence-corrected chi connectivity index (χ4v) is 3.38. The highest BCUT2D eigenvalue weighted by atomic mass is 16.5. The van der Waals surface area contributed by atoms with Crippen LogP contribution >= 0.6 is 0 Å². The Bertz CT molecular complexity index is 714. The van der Waals surface area contributed by atoms with Gasteiger partial charge in [0.1, 0.15) is 0 Å². The molecular weight excluding hydrogens is 402 g/mol. The van der Waals surface area contributed by atoms with Crippen molar-refractivity contribution in [3.63, 3.8) is 0 Å². The predicted octanol–water partition coefficient (Wildman–Crippen LogP) is 0.378. The van der Waals surface area contributed by atoms with Crippen molar-refractivity contribution in [3.8, 4) is 11.5 Å². The first kappa shape index (κ1) is 24.9. The highest BCUT2D eigenvalue weighted by Crippen LogP contribution is 2.32. The molecule has 1 aromatic carbocycles. The van der Waals surface area contributed by atoms with Crippen molar-refractivity contribution in [2.75, 3.05) is 53.0 Å². The fraction of sp³-hybridized carbons (Fsp3) is 0.636. The number of carbonyl (C=O) groups is 2. The van der Waals surface area contributed by atoms with Crippen LogP contribution in [0.15, 0.2) is 18.2 Å². The standard InChI is InChI=1S/C22H35N3O6/c1-3-30-19-9-7-8-17-12-25(15-21(29)24(2)13-18(27)16-26)14-20(28)23-10-5-4-6-11-31-22(17)19/h7-9,18,26-27H,3-6,10-16H2,1-2H3,(H,23,28). The van der Waals surface area contributed by atoms with Crippen LogP contribution in [-0.2, 0) is 16.1 Å². The van der Waals surface area contributed by atoms with Gasteiger partial charge in [0.05, 0.1) is 39.0 Å². The van der Waals surface area contributed by atoms with Crippen LogP contribution < -0.4 is 14.8 Å². The minimum Gasteiger partial charge on any atom is -0.490 e. The average molecular weight is 438 g/mol. The van der Waals surface area contributed by atoms with Crippen LogP contribution in [0, 0.1) is 0 Å². The van der Waals surface area contributed by atoms with Crippen molar-refractivity contribution in [1.29, 1.82) is 0 Å². The number of aliphatic hydroxyl groups is 2. The lowest BCUT2D eigenvalue weighted by atomic mass is 10.1. The number of hydrogen-bond acceptors (Lipinski definition) is 7. The summed E-state index contributed by atoms with van der Waals surface area (Å²) in [7, 11) is 1.56. The van der Waals surface area contributed by atoms with Crippen molar-refractivity contribution in [2.24, 2.45) is 0 Å². The summed E-state index contributed by atoms with van der Waals surface area (Å²) in [5.41, 5.74) is 0.837. The number of likely N-dealkylation sites (N-methyl/N-ethyl adjacent to an activating group) is 1. The van der Waals surface area contributed by atoms with E-state index in [1.54, 1.807) is 11.9 Å². The average Bonchev–Trinajstić information content (AvgIpc) is 2.75. The van der Waals surface area contributed by atoms with E-state index in [0.29, 0.717) is 37.8 Å². The maximum atomic E-state index is 12.7. The summed E-state index contributed by atoms with van der Waals surface area (Å²) in [6.45, 7) is 3.50. The maximum absolute atomic E-state index is 12.7. The quantitative estimate of drug-likeness (QED) is 0.565. The Morgan fingerprint density at radius 2 is 2.13 bits per heavy atom. The van der Waals surface area contributed by atoms with E-state index in [1.165, 1.54) is 4.90 Å². The summed E-state index contributed by atoms with van der Waals surface area (Å²) >= 11 is 0. The van der Waals surface area contributed by atoms with Crippen LogP contribution in [0.5, 0.6) is 11.5 Å². The molecule has 0 aliphatic carbocycles. The minimum absolute atomic E-state index is 0.0135. The van der Waals surface area contributed by atoms with Gasteiger partial charge in [0, 0.05) is 32.2 Å². The molecule has 0 radical (unpaired) electrons. The van der Waals surface area contributed by atoms with E-state index in [-0.39, 0.29) is 31.4 Å². The van der Waals surface area contributed by atoms with Gasteiger partial charge in [0.25, 0.3) is 0 Å². The van der Waals surface area contributed by atoms with E-state index in [9.17, 15) is 14.7 Å². The molecule has 1 aliphatic heterocycles. The molecule has 2 rings (SSSR count). The second kappa shape index (κ2) is 13.1. The van der Waals surface area contributed by atoms with Crippen LogP contribution in [0.3, 0.4) is 0 Å². The molecule has 0 aromatic heterocycles. The summed E-state index contributed by atoms with van der Waals surface area (Å²) < 4.78 is 11.8. The molecule has 31 heavy (non-hydrogen) atoms. The number of nitrogens with zero attached hydrogens (tertiary/aromatic N) is 2. The fourth-order valence-electron chi connectivity index (χ4n) is 3.38. The Morgan fingerprint density at radius 3 is 2.87 bits per heavy atom. The molecule has 9 nitrogen and oxygen atoms in total. The van der Waals surface area contributed by atoms with Gasteiger partial charge in [-0.3, -0.25) is 14.5 Å². The zero-order valence-electron chi connectivity index (χ0n) is 18.5. The predicted molar refractivity (Wildman–Crippen MR) is 116 cm³/mol. The molecular formula is C22H35N3O6. The molecule has 3 N–H and O–H groups in total. The van der Waals surface area contributed by atoms with Gasteiger partial charge in [0.2, 0.25) is 11.8 Å². The van der Waals surface area contributed by atoms with E-state index in [0.717, 1.165) is 24.8 Å². The lowest BCUT2D eigenvalue weighted by Crippen LogP contribution is -2.45. The number of fused-ring (bicyclic) bond motifs is 1. The molecule has 0 bridgehead atoms. The highest BCUT2D eigenvalue weighted by molar-refractivity contribution is 5.81. The van der Waals surface area contributed by atoms with Crippen molar-refractivity contribution in [1.82, 2.24) is 15.1 Å². The van der Waals surface area contributed by atoms with E-state index in [2.05, 4.69) is 5.32 Å². The number of aliphatic hydroxyl groups excluding tert-OH is 2. The molecule has 1 aliphatic rings. The number of hydrogen-bond donors (Lipinski definition) is 3. The largest absolute Gasteiger partial charge is 0.490 e. The second-order valence-electron chi connectivity index (χ2n) is 7.69. The first-order valence-electron chi connectivity index (χ1n) is 10.8. The molecule has 0 saturated heterocycles. The lowest BCUT2D eigenvalue weighted by Gasteiger charge is -2.26. The molecule has 9 heteroatoms. The summed E-state index contributed by atoms with van der Waals surface area (Å²) in [5.74, 6) is 0.890. The second-order valence-corrected chi connectivity index (χ2v) is 7.69. The number of carbonyl (C=O) groups excluding carboxylic acids is 2. The van der Waals surface area contributed by atoms with Crippen molar-refractivity contribution in [2.45, 2.75) is 38.8 Å². The third-order valence-corrected chi connectivity index (χ3v) is 4.99. The number of para-hydroxylation sites is 1. The first-order valence-corrected chi connectivity index (χ1v) is 10.8. The molecule has 1 atom stereocenters. The van der Waals surface area contributed by atoms with Crippen LogP contribution in [0.25, 0.3) is 0 Å². The summed E-state index contributed by atoms with van der Waals surface area (Å²) in [4.78, 5) is 28.2. The summed E-state index contributed by atoms with van der Waals surface area (Å²) in [6.07, 6.45) is 1.66. The molecule has 2 amide bonds. The van der Waals surface area contributed by atoms with Gasteiger partial charge in [-0.05, 0) is 32.3 Å². The molecule has 0 spiro atoms. The van der Waals surface area contributed by atoms with Gasteiger partial charge in [-0.2, -0.15) is 0 Å². The molecule has 1 aromatic rings. The van der Waals surface area contributed by atoms with E-state index in [1.807, 2.05) is 25.1 Å². The molecule has 1 heterocycles. The Morgan fingerprint density at radius 1 is 1.32 bits per heavy atom. The SMILES string of the molecule is CCOc1cccc2c1OCCCCCNC(=O)CN(CC(=O)N(C)CC(O)CO)C2. The van der Waals surface area contributed by atoms with Gasteiger partial charge >= 0.3 is 0 Å². The first-order chi connectivity index (χ1) is 14.9. The number of amides is 2. The molecule has 174 valence electrons. The lowest BCUT2D eigenvalue weighted by molar-refractivity contribution is -0.133. The number of benzene rings is 1. The zero-order valence-corrected chi connectivity index (χ0v) is 18.5. The zero-order chi connectivity index (χ0) is 22.6. The summed E-state index contributed by atoms with van der Waals surface area (Å²) in [5, 5.41) is 21.5. The van der Waals surface area contributed by atoms with Gasteiger partial charge in [-0.1, -0.05) is 12.1 Å². The Labute approximate surface area is 183 Å². The smallest absolute Gasteiger partial charge is 0.236 e. The van der Waals surface area contributed by atoms with Crippen LogP contribution in [0.4, 0.5) is 0 Å². The number of nitrogens with one attached hydrogen (secondary N) is 1. The minimum atomic E-state index is -1.00. The Kier molecular flexibility index (Phi) is 10.6. The number of rotatable bonds is 7. The summed E-state index contributed by atoms with van der Waals surface area (Å²) in [6, 6.07) is 5.63. The van der Waals surface area contributed by atoms with Gasteiger partial charge in [-0.15, -0.1) is 0 Å². The number of ether oxygens (including phenoxy) is 2. The molecule has 1 unspecified atom stereocenters. The highest BCUT2D eigenvalue weighted by Gasteiger charge is 2.22. The maximum Gasteiger partial charge on any atom is 0.236 e. The Balaban J connectivity index is 2.24. The topological polar surface area (TPSA) is 112 Å². The monoisotopic (exact) mass is 437 g/mol. The normalized spacial score (nSPS) is 17.1. The van der Waals surface area contributed by atoms with Gasteiger partial charge in [-0.25, -0.2) is 0 Å². The van der Waals surface area contributed by atoms with Crippen LogP contribution in [0.2, 0.25) is 0 Å². The molecule has 0 saturated carbocycles. The van der Waals surface area contributed by atoms with E-state index in [4.69, 9.17) is 14.6 Å². The van der Waals surface area contributed by atoms with Gasteiger partial charge in [0.15, 0.2) is 11.5 Å². The van der Waals surface area contributed by atoms with Crippen molar-refractivity contribution < 1.29 is 29.3 Å². The molecule has 0 fully saturated rings. The van der Waals surface area contributed by atoms with E-state index >= 15 is 0 Å². The van der Waals surface area contributed by atoms with Crippen LogP contribution in [0.1, 0.15) is 31.7 Å². The van der Waals surface area contributed by atoms with Crippen molar-refractivity contribution in [3.05, 3.63) is 23.8 Å². The third kappa shape index (κ3) is 8.35. The van der Waals surface area contributed by atoms with Crippen LogP contribution in [-0.4, -0.2) is 91.0 Å². The van der Waals surface area contributed by atoms with Gasteiger partial charge < -0.3 is 29.9 Å². The van der Waals surface area contributed by atoms with E-state index < -0.39 is 12.7 Å².